The zero-order valence-electron chi connectivity index (χ0n) is 11.9. The average molecular weight is 315 g/mol. The molecular weight excluding hydrogens is 299 g/mol. The first-order valence-electron chi connectivity index (χ1n) is 6.68. The van der Waals surface area contributed by atoms with Crippen LogP contribution >= 0.6 is 0 Å². The number of imidazole rings is 1. The minimum atomic E-state index is -4.32. The molecule has 0 aromatic carbocycles. The topological polar surface area (TPSA) is 71.3 Å². The number of hydrogen-bond acceptors (Lipinski definition) is 4. The van der Waals surface area contributed by atoms with E-state index in [1.54, 1.807) is 30.0 Å². The van der Waals surface area contributed by atoms with E-state index in [-0.39, 0.29) is 6.54 Å². The van der Waals surface area contributed by atoms with Crippen LogP contribution in [0.15, 0.2) is 18.5 Å². The van der Waals surface area contributed by atoms with Gasteiger partial charge in [0.1, 0.15) is 0 Å². The van der Waals surface area contributed by atoms with E-state index in [0.29, 0.717) is 17.8 Å². The molecule has 6 nitrogen and oxygen atoms in total. The predicted octanol–water partition coefficient (Wildman–Crippen LogP) is 1.41. The Kier molecular flexibility index (Phi) is 4.96. The fourth-order valence-electron chi connectivity index (χ4n) is 1.87. The SMILES string of the molecule is CNCc1cn2ncc(CNC(=O)CCC(F)(F)F)cc2n1. The van der Waals surface area contributed by atoms with Crippen molar-refractivity contribution in [2.45, 2.75) is 32.1 Å². The summed E-state index contributed by atoms with van der Waals surface area (Å²) in [5, 5.41) is 9.56. The fourth-order valence-corrected chi connectivity index (χ4v) is 1.87. The third-order valence-corrected chi connectivity index (χ3v) is 2.91. The highest BCUT2D eigenvalue weighted by Crippen LogP contribution is 2.21. The van der Waals surface area contributed by atoms with Crippen molar-refractivity contribution in [1.82, 2.24) is 25.2 Å². The third-order valence-electron chi connectivity index (χ3n) is 2.91. The molecule has 0 aliphatic heterocycles. The van der Waals surface area contributed by atoms with Gasteiger partial charge in [-0.25, -0.2) is 9.50 Å². The smallest absolute Gasteiger partial charge is 0.352 e. The fraction of sp³-hybridized carbons (Fsp3) is 0.462. The van der Waals surface area contributed by atoms with Crippen molar-refractivity contribution in [1.29, 1.82) is 0 Å². The molecule has 2 rings (SSSR count). The van der Waals surface area contributed by atoms with Crippen LogP contribution in [0.5, 0.6) is 0 Å². The maximum Gasteiger partial charge on any atom is 0.389 e. The first-order valence-corrected chi connectivity index (χ1v) is 6.68. The maximum absolute atomic E-state index is 12.0. The number of amides is 1. The second-order valence-corrected chi connectivity index (χ2v) is 4.82. The Morgan fingerprint density at radius 2 is 2.14 bits per heavy atom. The first-order chi connectivity index (χ1) is 10.4. The van der Waals surface area contributed by atoms with Crippen molar-refractivity contribution in [2.24, 2.45) is 0 Å². The molecule has 0 aliphatic rings. The largest absolute Gasteiger partial charge is 0.389 e. The Hall–Kier alpha value is -2.16. The van der Waals surface area contributed by atoms with Crippen LogP contribution in [0, 0.1) is 0 Å². The summed E-state index contributed by atoms with van der Waals surface area (Å²) < 4.78 is 37.6. The molecule has 0 atom stereocenters. The molecule has 0 aliphatic carbocycles. The highest BCUT2D eigenvalue weighted by molar-refractivity contribution is 5.75. The van der Waals surface area contributed by atoms with Gasteiger partial charge in [0.05, 0.1) is 24.5 Å². The van der Waals surface area contributed by atoms with Gasteiger partial charge in [0, 0.05) is 19.5 Å². The highest BCUT2D eigenvalue weighted by Gasteiger charge is 2.27. The van der Waals surface area contributed by atoms with Gasteiger partial charge in [-0.2, -0.15) is 18.3 Å². The van der Waals surface area contributed by atoms with E-state index in [9.17, 15) is 18.0 Å². The number of rotatable bonds is 6. The first kappa shape index (κ1) is 16.2. The second kappa shape index (κ2) is 6.73. The molecular formula is C13H16F3N5O. The van der Waals surface area contributed by atoms with E-state index < -0.39 is 24.9 Å². The maximum atomic E-state index is 12.0. The molecule has 0 spiro atoms. The van der Waals surface area contributed by atoms with Crippen molar-refractivity contribution in [2.75, 3.05) is 7.05 Å². The molecule has 1 amide bonds. The number of nitrogens with zero attached hydrogens (tertiary/aromatic N) is 3. The Balaban J connectivity index is 1.92. The van der Waals surface area contributed by atoms with Gasteiger partial charge in [-0.3, -0.25) is 4.79 Å². The van der Waals surface area contributed by atoms with Gasteiger partial charge in [-0.05, 0) is 18.7 Å². The summed E-state index contributed by atoms with van der Waals surface area (Å²) >= 11 is 0. The van der Waals surface area contributed by atoms with E-state index in [4.69, 9.17) is 0 Å². The van der Waals surface area contributed by atoms with Crippen LogP contribution in [0.3, 0.4) is 0 Å². The summed E-state index contributed by atoms with van der Waals surface area (Å²) in [6.07, 6.45) is -2.70. The molecule has 0 saturated heterocycles. The average Bonchev–Trinajstić information content (AvgIpc) is 2.84. The quantitative estimate of drug-likeness (QED) is 0.845. The van der Waals surface area contributed by atoms with Crippen LogP contribution in [0.4, 0.5) is 13.2 Å². The molecule has 0 bridgehead atoms. The lowest BCUT2D eigenvalue weighted by molar-refractivity contribution is -0.144. The number of nitrogens with one attached hydrogen (secondary N) is 2. The number of halogens is 3. The lowest BCUT2D eigenvalue weighted by atomic mass is 10.2. The summed E-state index contributed by atoms with van der Waals surface area (Å²) in [5.74, 6) is -0.642. The molecule has 2 heterocycles. The Bertz CT molecular complexity index is 653. The van der Waals surface area contributed by atoms with E-state index in [1.807, 2.05) is 0 Å². The van der Waals surface area contributed by atoms with Crippen LogP contribution in [0.25, 0.3) is 5.65 Å². The number of carbonyl (C=O) groups excluding carboxylic acids is 1. The molecule has 0 unspecified atom stereocenters. The van der Waals surface area contributed by atoms with E-state index in [0.717, 1.165) is 5.69 Å². The molecule has 0 fully saturated rings. The zero-order valence-corrected chi connectivity index (χ0v) is 11.9. The minimum Gasteiger partial charge on any atom is -0.352 e. The minimum absolute atomic E-state index is 0.119. The van der Waals surface area contributed by atoms with Crippen LogP contribution in [0.2, 0.25) is 0 Å². The van der Waals surface area contributed by atoms with Gasteiger partial charge in [0.15, 0.2) is 5.65 Å². The third kappa shape index (κ3) is 4.69. The van der Waals surface area contributed by atoms with Gasteiger partial charge in [0.2, 0.25) is 5.91 Å². The van der Waals surface area contributed by atoms with Crippen LogP contribution < -0.4 is 10.6 Å². The summed E-state index contributed by atoms with van der Waals surface area (Å²) in [6, 6.07) is 1.73. The van der Waals surface area contributed by atoms with Crippen LogP contribution in [-0.2, 0) is 17.9 Å². The molecule has 120 valence electrons. The van der Waals surface area contributed by atoms with E-state index in [1.165, 1.54) is 0 Å². The van der Waals surface area contributed by atoms with Gasteiger partial charge >= 0.3 is 6.18 Å². The lowest BCUT2D eigenvalue weighted by Gasteiger charge is -2.07. The van der Waals surface area contributed by atoms with Crippen LogP contribution in [-0.4, -0.2) is 33.7 Å². The van der Waals surface area contributed by atoms with Crippen molar-refractivity contribution >= 4 is 11.6 Å². The monoisotopic (exact) mass is 315 g/mol. The molecule has 2 N–H and O–H groups in total. The Morgan fingerprint density at radius 3 is 2.82 bits per heavy atom. The van der Waals surface area contributed by atoms with E-state index >= 15 is 0 Å². The van der Waals surface area contributed by atoms with Crippen molar-refractivity contribution in [3.8, 4) is 0 Å². The Labute approximate surface area is 124 Å². The Morgan fingerprint density at radius 1 is 1.36 bits per heavy atom. The molecule has 22 heavy (non-hydrogen) atoms. The number of hydrogen-bond donors (Lipinski definition) is 2. The summed E-state index contributed by atoms with van der Waals surface area (Å²) in [5.41, 5.74) is 2.11. The normalized spacial score (nSPS) is 11.8. The van der Waals surface area contributed by atoms with E-state index in [2.05, 4.69) is 20.7 Å². The summed E-state index contributed by atoms with van der Waals surface area (Å²) in [4.78, 5) is 15.7. The predicted molar refractivity (Wildman–Crippen MR) is 72.9 cm³/mol. The van der Waals surface area contributed by atoms with Crippen molar-refractivity contribution in [3.05, 3.63) is 29.7 Å². The van der Waals surface area contributed by atoms with Gasteiger partial charge in [0.25, 0.3) is 0 Å². The molecule has 9 heteroatoms. The van der Waals surface area contributed by atoms with Gasteiger partial charge in [-0.15, -0.1) is 0 Å². The van der Waals surface area contributed by atoms with Gasteiger partial charge < -0.3 is 10.6 Å². The molecule has 2 aromatic heterocycles. The molecule has 0 radical (unpaired) electrons. The zero-order chi connectivity index (χ0) is 16.2. The summed E-state index contributed by atoms with van der Waals surface area (Å²) in [7, 11) is 1.80. The second-order valence-electron chi connectivity index (χ2n) is 4.82. The standard InChI is InChI=1S/C13H16F3N5O/c1-17-7-10-8-21-11(20-10)4-9(6-19-21)5-18-12(22)2-3-13(14,15)16/h4,6,8,17H,2-3,5,7H2,1H3,(H,18,22). The van der Waals surface area contributed by atoms with Crippen molar-refractivity contribution < 1.29 is 18.0 Å². The van der Waals surface area contributed by atoms with Crippen LogP contribution in [0.1, 0.15) is 24.1 Å². The lowest BCUT2D eigenvalue weighted by Crippen LogP contribution is -2.24. The highest BCUT2D eigenvalue weighted by atomic mass is 19.4. The number of alkyl halides is 3. The number of aromatic nitrogens is 3. The van der Waals surface area contributed by atoms with Gasteiger partial charge in [-0.1, -0.05) is 0 Å². The number of fused-ring (bicyclic) bond motifs is 1. The molecule has 0 saturated carbocycles. The summed E-state index contributed by atoms with van der Waals surface area (Å²) in [6.45, 7) is 0.723. The number of carbonyl (C=O) groups is 1. The molecule has 2 aromatic rings. The van der Waals surface area contributed by atoms with Crippen molar-refractivity contribution in [3.63, 3.8) is 0 Å².